The van der Waals surface area contributed by atoms with Crippen molar-refractivity contribution in [3.8, 4) is 0 Å². The van der Waals surface area contributed by atoms with Crippen LogP contribution in [0.25, 0.3) is 0 Å². The molecule has 1 fully saturated rings. The molecular formula is C11H18O2. The van der Waals surface area contributed by atoms with E-state index < -0.39 is 0 Å². The molecule has 2 nitrogen and oxygen atoms in total. The Labute approximate surface area is 79.7 Å². The van der Waals surface area contributed by atoms with Gasteiger partial charge in [-0.1, -0.05) is 6.42 Å². The number of carbonyl (C=O) groups excluding carboxylic acids is 2. The quantitative estimate of drug-likeness (QED) is 0.448. The maximum Gasteiger partial charge on any atom is 0.120 e. The van der Waals surface area contributed by atoms with E-state index in [2.05, 4.69) is 0 Å². The first-order chi connectivity index (χ1) is 6.33. The average molecular weight is 182 g/mol. The van der Waals surface area contributed by atoms with E-state index in [-0.39, 0.29) is 0 Å². The number of hydrogen-bond acceptors (Lipinski definition) is 2. The largest absolute Gasteiger partial charge is 0.303 e. The lowest BCUT2D eigenvalue weighted by Crippen LogP contribution is -2.29. The standard InChI is InChI=1S/C11H18O2/c12-9-2-1-5-11(6-3-7-11)8-4-10-13/h9-10H,1-8H2. The molecule has 0 spiro atoms. The molecule has 0 amide bonds. The van der Waals surface area contributed by atoms with E-state index >= 15 is 0 Å². The third-order valence-corrected chi connectivity index (χ3v) is 3.24. The van der Waals surface area contributed by atoms with Crippen molar-refractivity contribution in [2.45, 2.75) is 51.4 Å². The summed E-state index contributed by atoms with van der Waals surface area (Å²) in [7, 11) is 0. The van der Waals surface area contributed by atoms with E-state index in [0.717, 1.165) is 31.8 Å². The first-order valence-electron chi connectivity index (χ1n) is 5.20. The monoisotopic (exact) mass is 182 g/mol. The number of rotatable bonds is 7. The molecule has 0 N–H and O–H groups in total. The van der Waals surface area contributed by atoms with Gasteiger partial charge >= 0.3 is 0 Å². The van der Waals surface area contributed by atoms with Crippen molar-refractivity contribution < 1.29 is 9.59 Å². The van der Waals surface area contributed by atoms with Crippen LogP contribution in [-0.2, 0) is 9.59 Å². The van der Waals surface area contributed by atoms with Crippen molar-refractivity contribution in [2.75, 3.05) is 0 Å². The van der Waals surface area contributed by atoms with Gasteiger partial charge in [0.15, 0.2) is 0 Å². The van der Waals surface area contributed by atoms with Gasteiger partial charge < -0.3 is 9.59 Å². The number of unbranched alkanes of at least 4 members (excludes halogenated alkanes) is 1. The normalized spacial score (nSPS) is 19.1. The van der Waals surface area contributed by atoms with Crippen molar-refractivity contribution in [1.82, 2.24) is 0 Å². The van der Waals surface area contributed by atoms with Crippen LogP contribution in [0, 0.1) is 5.41 Å². The Morgan fingerprint density at radius 2 is 1.69 bits per heavy atom. The van der Waals surface area contributed by atoms with Crippen molar-refractivity contribution in [3.63, 3.8) is 0 Å². The molecule has 1 rings (SSSR count). The Morgan fingerprint density at radius 1 is 1.00 bits per heavy atom. The van der Waals surface area contributed by atoms with Gasteiger partial charge in [-0.05, 0) is 37.5 Å². The van der Waals surface area contributed by atoms with E-state index in [4.69, 9.17) is 0 Å². The van der Waals surface area contributed by atoms with E-state index in [0.29, 0.717) is 18.3 Å². The van der Waals surface area contributed by atoms with Gasteiger partial charge in [0.25, 0.3) is 0 Å². The predicted octanol–water partition coefficient (Wildman–Crippen LogP) is 2.51. The Hall–Kier alpha value is -0.660. The number of hydrogen-bond donors (Lipinski definition) is 0. The summed E-state index contributed by atoms with van der Waals surface area (Å²) in [6, 6.07) is 0. The smallest absolute Gasteiger partial charge is 0.120 e. The highest BCUT2D eigenvalue weighted by atomic mass is 16.1. The molecule has 0 aliphatic heterocycles. The minimum absolute atomic E-state index is 0.434. The summed E-state index contributed by atoms with van der Waals surface area (Å²) in [5, 5.41) is 0. The van der Waals surface area contributed by atoms with E-state index in [9.17, 15) is 9.59 Å². The highest BCUT2D eigenvalue weighted by molar-refractivity contribution is 5.49. The minimum Gasteiger partial charge on any atom is -0.303 e. The molecular weight excluding hydrogens is 164 g/mol. The van der Waals surface area contributed by atoms with Crippen LogP contribution in [0.5, 0.6) is 0 Å². The molecule has 0 saturated heterocycles. The molecule has 1 aliphatic carbocycles. The van der Waals surface area contributed by atoms with Crippen LogP contribution in [-0.4, -0.2) is 12.6 Å². The summed E-state index contributed by atoms with van der Waals surface area (Å²) >= 11 is 0. The van der Waals surface area contributed by atoms with Gasteiger partial charge in [0.1, 0.15) is 12.6 Å². The fourth-order valence-corrected chi connectivity index (χ4v) is 2.23. The maximum absolute atomic E-state index is 10.3. The molecule has 13 heavy (non-hydrogen) atoms. The number of carbonyl (C=O) groups is 2. The molecule has 0 bridgehead atoms. The molecule has 0 atom stereocenters. The zero-order valence-electron chi connectivity index (χ0n) is 8.13. The first-order valence-corrected chi connectivity index (χ1v) is 5.20. The third kappa shape index (κ3) is 2.94. The summed E-state index contributed by atoms with van der Waals surface area (Å²) in [5.74, 6) is 0. The third-order valence-electron chi connectivity index (χ3n) is 3.24. The molecule has 2 heteroatoms. The Balaban J connectivity index is 2.22. The van der Waals surface area contributed by atoms with Gasteiger partial charge in [0, 0.05) is 12.8 Å². The zero-order chi connectivity index (χ0) is 9.57. The van der Waals surface area contributed by atoms with E-state index in [1.165, 1.54) is 19.3 Å². The molecule has 1 aliphatic rings. The van der Waals surface area contributed by atoms with Crippen molar-refractivity contribution in [1.29, 1.82) is 0 Å². The summed E-state index contributed by atoms with van der Waals surface area (Å²) in [6.07, 6.45) is 10.4. The lowest BCUT2D eigenvalue weighted by molar-refractivity contribution is -0.109. The van der Waals surface area contributed by atoms with E-state index in [1.807, 2.05) is 0 Å². The highest BCUT2D eigenvalue weighted by Crippen LogP contribution is 2.48. The fourth-order valence-electron chi connectivity index (χ4n) is 2.23. The fraction of sp³-hybridized carbons (Fsp3) is 0.818. The lowest BCUT2D eigenvalue weighted by atomic mass is 9.63. The van der Waals surface area contributed by atoms with Gasteiger partial charge in [-0.3, -0.25) is 0 Å². The lowest BCUT2D eigenvalue weighted by Gasteiger charge is -2.42. The van der Waals surface area contributed by atoms with Crippen molar-refractivity contribution >= 4 is 12.6 Å². The Bertz CT molecular complexity index is 171. The second kappa shape index (κ2) is 5.15. The maximum atomic E-state index is 10.3. The van der Waals surface area contributed by atoms with Crippen LogP contribution < -0.4 is 0 Å². The summed E-state index contributed by atoms with van der Waals surface area (Å²) in [5.41, 5.74) is 0.434. The molecule has 1 saturated carbocycles. The van der Waals surface area contributed by atoms with Crippen LogP contribution in [0.4, 0.5) is 0 Å². The van der Waals surface area contributed by atoms with Crippen LogP contribution in [0.15, 0.2) is 0 Å². The van der Waals surface area contributed by atoms with Gasteiger partial charge in [-0.15, -0.1) is 0 Å². The Kier molecular flexibility index (Phi) is 4.13. The highest BCUT2D eigenvalue weighted by Gasteiger charge is 2.35. The van der Waals surface area contributed by atoms with Crippen LogP contribution in [0.1, 0.15) is 51.4 Å². The topological polar surface area (TPSA) is 34.1 Å². The van der Waals surface area contributed by atoms with Gasteiger partial charge in [-0.25, -0.2) is 0 Å². The van der Waals surface area contributed by atoms with Crippen LogP contribution >= 0.6 is 0 Å². The molecule has 0 radical (unpaired) electrons. The van der Waals surface area contributed by atoms with Crippen molar-refractivity contribution in [3.05, 3.63) is 0 Å². The molecule has 0 unspecified atom stereocenters. The summed E-state index contributed by atoms with van der Waals surface area (Å²) in [6.45, 7) is 0. The second-order valence-electron chi connectivity index (χ2n) is 4.12. The molecule has 0 aromatic rings. The predicted molar refractivity (Wildman–Crippen MR) is 51.5 cm³/mol. The molecule has 0 heterocycles. The minimum atomic E-state index is 0.434. The second-order valence-corrected chi connectivity index (χ2v) is 4.12. The zero-order valence-corrected chi connectivity index (χ0v) is 8.13. The van der Waals surface area contributed by atoms with E-state index in [1.54, 1.807) is 0 Å². The SMILES string of the molecule is O=CCCCC1(CCC=O)CCC1. The van der Waals surface area contributed by atoms with Crippen LogP contribution in [0.2, 0.25) is 0 Å². The van der Waals surface area contributed by atoms with Crippen molar-refractivity contribution in [2.24, 2.45) is 5.41 Å². The molecule has 0 aromatic heterocycles. The Morgan fingerprint density at radius 3 is 2.15 bits per heavy atom. The number of aldehydes is 2. The summed E-state index contributed by atoms with van der Waals surface area (Å²) in [4.78, 5) is 20.4. The van der Waals surface area contributed by atoms with Gasteiger partial charge in [0.2, 0.25) is 0 Å². The molecule has 74 valence electrons. The van der Waals surface area contributed by atoms with Gasteiger partial charge in [0.05, 0.1) is 0 Å². The first kappa shape index (κ1) is 10.4. The van der Waals surface area contributed by atoms with Crippen LogP contribution in [0.3, 0.4) is 0 Å². The molecule has 0 aromatic carbocycles. The average Bonchev–Trinajstić information content (AvgIpc) is 2.08. The summed E-state index contributed by atoms with van der Waals surface area (Å²) < 4.78 is 0. The van der Waals surface area contributed by atoms with Gasteiger partial charge in [-0.2, -0.15) is 0 Å².